The fraction of sp³-hybridized carbons (Fsp3) is 0.286. The minimum atomic E-state index is -0.390. The number of halogens is 1. The molecule has 0 saturated heterocycles. The molecule has 6 nitrogen and oxygen atoms in total. The van der Waals surface area contributed by atoms with Crippen molar-refractivity contribution in [2.24, 2.45) is 0 Å². The van der Waals surface area contributed by atoms with Crippen molar-refractivity contribution in [1.29, 1.82) is 0 Å². The number of carbonyl (C=O) groups excluding carboxylic acids is 3. The predicted molar refractivity (Wildman–Crippen MR) is 107 cm³/mol. The average Bonchev–Trinajstić information content (AvgIpc) is 3.50. The quantitative estimate of drug-likeness (QED) is 0.751. The van der Waals surface area contributed by atoms with E-state index in [0.717, 1.165) is 18.4 Å². The van der Waals surface area contributed by atoms with Crippen molar-refractivity contribution in [2.75, 3.05) is 13.6 Å². The molecule has 146 valence electrons. The Balaban J connectivity index is 1.49. The van der Waals surface area contributed by atoms with Gasteiger partial charge in [0.2, 0.25) is 5.91 Å². The van der Waals surface area contributed by atoms with Gasteiger partial charge in [-0.1, -0.05) is 35.9 Å². The Morgan fingerprint density at radius 1 is 1.04 bits per heavy atom. The Hall–Kier alpha value is -2.86. The van der Waals surface area contributed by atoms with Gasteiger partial charge in [-0.2, -0.15) is 0 Å². The van der Waals surface area contributed by atoms with Crippen molar-refractivity contribution in [3.05, 3.63) is 70.2 Å². The van der Waals surface area contributed by atoms with Crippen molar-refractivity contribution in [1.82, 2.24) is 15.5 Å². The lowest BCUT2D eigenvalue weighted by Gasteiger charge is -2.18. The molecule has 3 amide bonds. The number of benzene rings is 2. The van der Waals surface area contributed by atoms with Gasteiger partial charge in [0, 0.05) is 25.2 Å². The van der Waals surface area contributed by atoms with E-state index in [9.17, 15) is 14.4 Å². The number of rotatable bonds is 7. The molecule has 0 atom stereocenters. The van der Waals surface area contributed by atoms with Gasteiger partial charge < -0.3 is 15.5 Å². The summed E-state index contributed by atoms with van der Waals surface area (Å²) in [7, 11) is 1.66. The van der Waals surface area contributed by atoms with Crippen LogP contribution in [0.1, 0.15) is 39.1 Å². The SMILES string of the molecule is CN(Cc1ccc(C(=O)NC2CC2)cc1)C(=O)CNC(=O)c1ccccc1Cl. The van der Waals surface area contributed by atoms with Crippen LogP contribution in [0.25, 0.3) is 0 Å². The molecule has 2 aromatic carbocycles. The second kappa shape index (κ2) is 8.89. The highest BCUT2D eigenvalue weighted by molar-refractivity contribution is 6.33. The van der Waals surface area contributed by atoms with E-state index in [1.165, 1.54) is 4.90 Å². The van der Waals surface area contributed by atoms with Gasteiger partial charge in [-0.15, -0.1) is 0 Å². The zero-order chi connectivity index (χ0) is 20.1. The minimum Gasteiger partial charge on any atom is -0.349 e. The molecule has 0 aromatic heterocycles. The molecule has 0 unspecified atom stereocenters. The van der Waals surface area contributed by atoms with Crippen molar-refractivity contribution in [3.8, 4) is 0 Å². The van der Waals surface area contributed by atoms with Crippen molar-refractivity contribution >= 4 is 29.3 Å². The average molecular weight is 400 g/mol. The van der Waals surface area contributed by atoms with E-state index in [1.807, 2.05) is 12.1 Å². The van der Waals surface area contributed by atoms with Gasteiger partial charge >= 0.3 is 0 Å². The molecule has 2 N–H and O–H groups in total. The van der Waals surface area contributed by atoms with Crippen LogP contribution in [0.4, 0.5) is 0 Å². The van der Waals surface area contributed by atoms with Crippen LogP contribution in [0.5, 0.6) is 0 Å². The number of hydrogen-bond donors (Lipinski definition) is 2. The molecular weight excluding hydrogens is 378 g/mol. The van der Waals surface area contributed by atoms with Crippen LogP contribution in [0, 0.1) is 0 Å². The first kappa shape index (κ1) is 19.9. The summed E-state index contributed by atoms with van der Waals surface area (Å²) < 4.78 is 0. The van der Waals surface area contributed by atoms with Crippen LogP contribution in [-0.2, 0) is 11.3 Å². The number of nitrogens with zero attached hydrogens (tertiary/aromatic N) is 1. The summed E-state index contributed by atoms with van der Waals surface area (Å²) in [4.78, 5) is 37.9. The molecule has 0 aliphatic heterocycles. The summed E-state index contributed by atoms with van der Waals surface area (Å²) in [6.45, 7) is 0.258. The summed E-state index contributed by atoms with van der Waals surface area (Å²) >= 11 is 5.99. The van der Waals surface area contributed by atoms with E-state index in [-0.39, 0.29) is 18.4 Å². The number of hydrogen-bond acceptors (Lipinski definition) is 3. The van der Waals surface area contributed by atoms with Crippen molar-refractivity contribution < 1.29 is 14.4 Å². The molecule has 7 heteroatoms. The third-order valence-corrected chi connectivity index (χ3v) is 4.82. The molecule has 2 aromatic rings. The van der Waals surface area contributed by atoms with E-state index >= 15 is 0 Å². The fourth-order valence-corrected chi connectivity index (χ4v) is 2.87. The Kier molecular flexibility index (Phi) is 6.31. The van der Waals surface area contributed by atoms with Crippen LogP contribution in [0.3, 0.4) is 0 Å². The van der Waals surface area contributed by atoms with Gasteiger partial charge in [0.15, 0.2) is 0 Å². The Morgan fingerprint density at radius 2 is 1.71 bits per heavy atom. The Labute approximate surface area is 168 Å². The monoisotopic (exact) mass is 399 g/mol. The largest absolute Gasteiger partial charge is 0.349 e. The number of nitrogens with one attached hydrogen (secondary N) is 2. The Morgan fingerprint density at radius 3 is 2.36 bits per heavy atom. The van der Waals surface area contributed by atoms with Gasteiger partial charge in [0.25, 0.3) is 11.8 Å². The second-order valence-corrected chi connectivity index (χ2v) is 7.26. The first-order valence-electron chi connectivity index (χ1n) is 9.10. The Bertz CT molecular complexity index is 879. The minimum absolute atomic E-state index is 0.0687. The van der Waals surface area contributed by atoms with Gasteiger partial charge in [0.05, 0.1) is 17.1 Å². The van der Waals surface area contributed by atoms with Gasteiger partial charge in [-0.3, -0.25) is 14.4 Å². The van der Waals surface area contributed by atoms with E-state index in [1.54, 1.807) is 43.4 Å². The van der Waals surface area contributed by atoms with Crippen LogP contribution >= 0.6 is 11.6 Å². The first-order valence-corrected chi connectivity index (χ1v) is 9.48. The number of likely N-dealkylation sites (N-methyl/N-ethyl adjacent to an activating group) is 1. The molecule has 28 heavy (non-hydrogen) atoms. The zero-order valence-corrected chi connectivity index (χ0v) is 16.3. The summed E-state index contributed by atoms with van der Waals surface area (Å²) in [5, 5.41) is 5.87. The maximum atomic E-state index is 12.3. The molecule has 1 aliphatic carbocycles. The van der Waals surface area contributed by atoms with E-state index in [0.29, 0.717) is 28.7 Å². The maximum absolute atomic E-state index is 12.3. The molecule has 0 spiro atoms. The van der Waals surface area contributed by atoms with Crippen molar-refractivity contribution in [2.45, 2.75) is 25.4 Å². The first-order chi connectivity index (χ1) is 13.4. The van der Waals surface area contributed by atoms with Crippen LogP contribution < -0.4 is 10.6 Å². The summed E-state index contributed by atoms with van der Waals surface area (Å²) in [6.07, 6.45) is 2.09. The molecular formula is C21H22ClN3O3. The molecule has 1 saturated carbocycles. The summed E-state index contributed by atoms with van der Waals surface area (Å²) in [5.41, 5.74) is 1.84. The summed E-state index contributed by atoms with van der Waals surface area (Å²) in [6, 6.07) is 14.2. The molecule has 1 fully saturated rings. The molecule has 0 radical (unpaired) electrons. The number of carbonyl (C=O) groups is 3. The smallest absolute Gasteiger partial charge is 0.253 e. The normalized spacial score (nSPS) is 12.9. The van der Waals surface area contributed by atoms with Crippen LogP contribution in [-0.4, -0.2) is 42.3 Å². The van der Waals surface area contributed by atoms with E-state index in [2.05, 4.69) is 10.6 Å². The fourth-order valence-electron chi connectivity index (χ4n) is 2.65. The van der Waals surface area contributed by atoms with Crippen LogP contribution in [0.15, 0.2) is 48.5 Å². The molecule has 0 heterocycles. The number of amides is 3. The predicted octanol–water partition coefficient (Wildman–Crippen LogP) is 2.62. The highest BCUT2D eigenvalue weighted by Gasteiger charge is 2.23. The summed E-state index contributed by atoms with van der Waals surface area (Å²) in [5.74, 6) is -0.685. The van der Waals surface area contributed by atoms with E-state index in [4.69, 9.17) is 11.6 Å². The molecule has 1 aliphatic rings. The van der Waals surface area contributed by atoms with Gasteiger partial charge in [0.1, 0.15) is 0 Å². The standard InChI is InChI=1S/C21H22ClN3O3/c1-25(19(26)12-23-21(28)17-4-2-3-5-18(17)22)13-14-6-8-15(9-7-14)20(27)24-16-10-11-16/h2-9,16H,10-13H2,1H3,(H,23,28)(H,24,27). The third kappa shape index (κ3) is 5.33. The lowest BCUT2D eigenvalue weighted by molar-refractivity contribution is -0.129. The lowest BCUT2D eigenvalue weighted by atomic mass is 10.1. The van der Waals surface area contributed by atoms with Crippen LogP contribution in [0.2, 0.25) is 5.02 Å². The maximum Gasteiger partial charge on any atom is 0.253 e. The highest BCUT2D eigenvalue weighted by atomic mass is 35.5. The highest BCUT2D eigenvalue weighted by Crippen LogP contribution is 2.19. The third-order valence-electron chi connectivity index (χ3n) is 4.49. The molecule has 0 bridgehead atoms. The van der Waals surface area contributed by atoms with Gasteiger partial charge in [-0.25, -0.2) is 0 Å². The topological polar surface area (TPSA) is 78.5 Å². The second-order valence-electron chi connectivity index (χ2n) is 6.86. The van der Waals surface area contributed by atoms with E-state index < -0.39 is 5.91 Å². The lowest BCUT2D eigenvalue weighted by Crippen LogP contribution is -2.37. The van der Waals surface area contributed by atoms with Crippen molar-refractivity contribution in [3.63, 3.8) is 0 Å². The van der Waals surface area contributed by atoms with Gasteiger partial charge in [-0.05, 0) is 42.7 Å². The zero-order valence-electron chi connectivity index (χ0n) is 15.6. The molecule has 3 rings (SSSR count).